The van der Waals surface area contributed by atoms with Gasteiger partial charge in [-0.05, 0) is 36.4 Å². The normalized spacial score (nSPS) is 18.7. The van der Waals surface area contributed by atoms with E-state index in [-0.39, 0.29) is 23.3 Å². The van der Waals surface area contributed by atoms with Gasteiger partial charge in [0.2, 0.25) is 0 Å². The molecule has 0 spiro atoms. The smallest absolute Gasteiger partial charge is 0.369 e. The zero-order valence-electron chi connectivity index (χ0n) is 18.3. The molecule has 36 heavy (non-hydrogen) atoms. The highest BCUT2D eigenvalue weighted by molar-refractivity contribution is 5.97. The maximum absolute atomic E-state index is 13.3. The van der Waals surface area contributed by atoms with Gasteiger partial charge in [0, 0.05) is 23.9 Å². The van der Waals surface area contributed by atoms with Crippen molar-refractivity contribution < 1.29 is 31.4 Å². The Morgan fingerprint density at radius 3 is 2.14 bits per heavy atom. The lowest BCUT2D eigenvalue weighted by Crippen LogP contribution is -2.53. The minimum atomic E-state index is -6.02. The second-order valence-corrected chi connectivity index (χ2v) is 7.82. The van der Waals surface area contributed by atoms with Crippen LogP contribution in [-0.4, -0.2) is 32.7 Å². The maximum Gasteiger partial charge on any atom is 0.430 e. The van der Waals surface area contributed by atoms with Crippen LogP contribution in [0.5, 0.6) is 0 Å². The summed E-state index contributed by atoms with van der Waals surface area (Å²) >= 11 is 0. The van der Waals surface area contributed by atoms with Crippen LogP contribution in [0.25, 0.3) is 16.6 Å². The van der Waals surface area contributed by atoms with E-state index < -0.39 is 29.1 Å². The third-order valence-electron chi connectivity index (χ3n) is 5.50. The molecule has 0 aliphatic carbocycles. The summed E-state index contributed by atoms with van der Waals surface area (Å²) in [4.78, 5) is 22.1. The first-order valence-corrected chi connectivity index (χ1v) is 10.5. The van der Waals surface area contributed by atoms with E-state index in [2.05, 4.69) is 9.98 Å². The zero-order chi connectivity index (χ0) is 26.1. The van der Waals surface area contributed by atoms with Gasteiger partial charge < -0.3 is 5.11 Å². The van der Waals surface area contributed by atoms with Crippen LogP contribution >= 0.6 is 0 Å². The van der Waals surface area contributed by atoms with Gasteiger partial charge in [-0.2, -0.15) is 26.3 Å². The number of fused-ring (bicyclic) bond motifs is 1. The highest BCUT2D eigenvalue weighted by atomic mass is 19.4. The Hall–Kier alpha value is -3.99. The highest BCUT2D eigenvalue weighted by Crippen LogP contribution is 2.50. The van der Waals surface area contributed by atoms with E-state index in [1.165, 1.54) is 12.3 Å². The Kier molecular flexibility index (Phi) is 6.44. The van der Waals surface area contributed by atoms with Crippen LogP contribution in [0.15, 0.2) is 94.9 Å². The molecule has 186 valence electrons. The second-order valence-electron chi connectivity index (χ2n) is 7.82. The number of nitrogens with zero attached hydrogens (tertiary/aromatic N) is 3. The Bertz CT molecular complexity index is 1450. The summed E-state index contributed by atoms with van der Waals surface area (Å²) in [5.41, 5.74) is -6.25. The van der Waals surface area contributed by atoms with Gasteiger partial charge >= 0.3 is 12.4 Å². The number of allylic oxidation sites excluding steroid dienone is 5. The molecule has 0 bridgehead atoms. The molecule has 0 saturated heterocycles. The number of aliphatic imine (C=N–C) groups is 1. The zero-order valence-corrected chi connectivity index (χ0v) is 18.3. The minimum Gasteiger partial charge on any atom is -0.369 e. The van der Waals surface area contributed by atoms with Crippen LogP contribution in [-0.2, 0) is 12.0 Å². The maximum atomic E-state index is 13.3. The average Bonchev–Trinajstić information content (AvgIpc) is 2.79. The number of rotatable bonds is 4. The summed E-state index contributed by atoms with van der Waals surface area (Å²) < 4.78 is 80.7. The monoisotopic (exact) mass is 505 g/mol. The lowest BCUT2D eigenvalue weighted by atomic mass is 9.92. The molecular weight excluding hydrogens is 488 g/mol. The standard InChI is InChI=1S/C25H17F6N3O2/c26-24(27,28)23(36,25(29,30)31)16-10-12-18(13-11-16)34-21(15-17-7-3-1-2-6-14-32-17)33-20-9-5-4-8-19(20)22(34)35/h1-14,36H,15H2/b2-1-,3-1?,6-2?,7-3-,14-6-,17-7?,32-14?,32-17+. The van der Waals surface area contributed by atoms with Crippen molar-refractivity contribution in [3.8, 4) is 5.69 Å². The quantitative estimate of drug-likeness (QED) is 0.488. The van der Waals surface area contributed by atoms with Gasteiger partial charge in [0.1, 0.15) is 5.82 Å². The highest BCUT2D eigenvalue weighted by Gasteiger charge is 2.71. The molecule has 1 aromatic heterocycles. The van der Waals surface area contributed by atoms with Gasteiger partial charge in [-0.25, -0.2) is 4.98 Å². The number of aromatic nitrogens is 2. The Labute approximate surface area is 200 Å². The van der Waals surface area contributed by atoms with Crippen molar-refractivity contribution in [2.24, 2.45) is 4.99 Å². The lowest BCUT2D eigenvalue weighted by Gasteiger charge is -2.32. The van der Waals surface area contributed by atoms with Crippen LogP contribution in [0, 0.1) is 0 Å². The number of alkyl halides is 6. The third-order valence-corrected chi connectivity index (χ3v) is 5.50. The Morgan fingerprint density at radius 2 is 1.47 bits per heavy atom. The summed E-state index contributed by atoms with van der Waals surface area (Å²) in [5.74, 6) is 0.162. The first-order valence-electron chi connectivity index (χ1n) is 10.5. The number of hydrogen-bond donors (Lipinski definition) is 1. The summed E-state index contributed by atoms with van der Waals surface area (Å²) in [6.07, 6.45) is -1.89. The molecule has 1 N–H and O–H groups in total. The summed E-state index contributed by atoms with van der Waals surface area (Å²) in [6, 6.07) is 9.17. The van der Waals surface area contributed by atoms with E-state index in [4.69, 9.17) is 0 Å². The topological polar surface area (TPSA) is 67.5 Å². The van der Waals surface area contributed by atoms with E-state index in [0.29, 0.717) is 23.4 Å². The van der Waals surface area contributed by atoms with Crippen molar-refractivity contribution in [2.45, 2.75) is 24.4 Å². The van der Waals surface area contributed by atoms with Crippen LogP contribution in [0.4, 0.5) is 26.3 Å². The third kappa shape index (κ3) is 4.49. The van der Waals surface area contributed by atoms with Crippen LogP contribution in [0.1, 0.15) is 11.4 Å². The first-order chi connectivity index (χ1) is 16.9. The summed E-state index contributed by atoms with van der Waals surface area (Å²) in [5, 5.41) is 9.87. The number of benzene rings is 2. The largest absolute Gasteiger partial charge is 0.430 e. The van der Waals surface area contributed by atoms with Crippen molar-refractivity contribution in [3.63, 3.8) is 0 Å². The molecule has 2 aromatic carbocycles. The predicted octanol–water partition coefficient (Wildman–Crippen LogP) is 5.32. The molecule has 1 aliphatic heterocycles. The predicted molar refractivity (Wildman–Crippen MR) is 122 cm³/mol. The number of halogens is 6. The van der Waals surface area contributed by atoms with Crippen LogP contribution in [0.3, 0.4) is 0 Å². The Morgan fingerprint density at radius 1 is 0.833 bits per heavy atom. The number of hydrogen-bond acceptors (Lipinski definition) is 4. The van der Waals surface area contributed by atoms with E-state index in [1.54, 1.807) is 48.6 Å². The number of aliphatic hydroxyl groups is 1. The van der Waals surface area contributed by atoms with Gasteiger partial charge in [0.15, 0.2) is 0 Å². The van der Waals surface area contributed by atoms with Gasteiger partial charge in [-0.15, -0.1) is 0 Å². The molecule has 2 heterocycles. The van der Waals surface area contributed by atoms with Crippen molar-refractivity contribution in [3.05, 3.63) is 107 Å². The molecule has 0 amide bonds. The molecule has 3 aromatic rings. The van der Waals surface area contributed by atoms with Crippen molar-refractivity contribution >= 4 is 16.6 Å². The summed E-state index contributed by atoms with van der Waals surface area (Å²) in [7, 11) is 0. The van der Waals surface area contributed by atoms with Gasteiger partial charge in [0.05, 0.1) is 16.6 Å². The fourth-order valence-corrected chi connectivity index (χ4v) is 3.70. The van der Waals surface area contributed by atoms with Crippen molar-refractivity contribution in [1.82, 2.24) is 9.55 Å². The van der Waals surface area contributed by atoms with Crippen molar-refractivity contribution in [2.75, 3.05) is 0 Å². The molecule has 5 nitrogen and oxygen atoms in total. The lowest BCUT2D eigenvalue weighted by molar-refractivity contribution is -0.376. The van der Waals surface area contributed by atoms with Gasteiger partial charge in [-0.1, -0.05) is 42.5 Å². The van der Waals surface area contributed by atoms with E-state index in [0.717, 1.165) is 16.7 Å². The fraction of sp³-hybridized carbons (Fsp3) is 0.160. The molecule has 0 radical (unpaired) electrons. The molecule has 0 saturated carbocycles. The minimum absolute atomic E-state index is 0.0328. The van der Waals surface area contributed by atoms with Crippen LogP contribution in [0.2, 0.25) is 0 Å². The van der Waals surface area contributed by atoms with E-state index in [1.807, 2.05) is 0 Å². The fourth-order valence-electron chi connectivity index (χ4n) is 3.70. The van der Waals surface area contributed by atoms with Gasteiger partial charge in [0.25, 0.3) is 11.2 Å². The molecule has 4 rings (SSSR count). The van der Waals surface area contributed by atoms with Crippen LogP contribution < -0.4 is 5.56 Å². The second kappa shape index (κ2) is 9.23. The van der Waals surface area contributed by atoms with E-state index >= 15 is 0 Å². The average molecular weight is 505 g/mol. The Balaban J connectivity index is 1.87. The van der Waals surface area contributed by atoms with E-state index in [9.17, 15) is 36.2 Å². The number of para-hydroxylation sites is 1. The molecular formula is C25H17F6N3O2. The SMILES string of the molecule is O=c1c2ccccc2nc(CC2=N/C=C\C=C/C=C\2)n1-c1ccc(C(O)(C(F)(F)F)C(F)(F)F)cc1. The summed E-state index contributed by atoms with van der Waals surface area (Å²) in [6.45, 7) is 0. The molecule has 0 fully saturated rings. The molecule has 1 aliphatic rings. The van der Waals surface area contributed by atoms with Crippen molar-refractivity contribution in [1.29, 1.82) is 0 Å². The molecule has 0 unspecified atom stereocenters. The molecule has 0 atom stereocenters. The van der Waals surface area contributed by atoms with Gasteiger partial charge in [-0.3, -0.25) is 14.4 Å². The first kappa shape index (κ1) is 25.1. The molecule has 11 heteroatoms.